The van der Waals surface area contributed by atoms with Crippen molar-refractivity contribution in [1.82, 2.24) is 4.98 Å². The smallest absolute Gasteiger partial charge is 0.423 e. The summed E-state index contributed by atoms with van der Waals surface area (Å²) in [7, 11) is -1.79. The van der Waals surface area contributed by atoms with Gasteiger partial charge < -0.3 is 10.0 Å². The van der Waals surface area contributed by atoms with Crippen molar-refractivity contribution in [3.05, 3.63) is 23.8 Å². The number of nitrogens with zero attached hydrogens (tertiary/aromatic N) is 1. The summed E-state index contributed by atoms with van der Waals surface area (Å²) >= 11 is 0. The molecule has 0 atom stereocenters. The monoisotopic (exact) mass is 253 g/mol. The Kier molecular flexibility index (Phi) is 6.90. The lowest BCUT2D eigenvalue weighted by molar-refractivity contribution is 0.421. The zero-order valence-corrected chi connectivity index (χ0v) is 10.9. The summed E-state index contributed by atoms with van der Waals surface area (Å²) in [4.78, 5) is 3.74. The van der Waals surface area contributed by atoms with E-state index in [1.807, 2.05) is 0 Å². The molecule has 1 aromatic rings. The van der Waals surface area contributed by atoms with Crippen LogP contribution in [0.1, 0.15) is 51.1 Å². The molecule has 0 radical (unpaired) electrons. The highest BCUT2D eigenvalue weighted by Gasteiger charge is 2.17. The summed E-state index contributed by atoms with van der Waals surface area (Å²) < 4.78 is 13.3. The van der Waals surface area contributed by atoms with Gasteiger partial charge in [-0.2, -0.15) is 4.39 Å². The summed E-state index contributed by atoms with van der Waals surface area (Å²) in [5.74, 6) is -0.784. The van der Waals surface area contributed by atoms with Crippen LogP contribution >= 0.6 is 0 Å². The van der Waals surface area contributed by atoms with Crippen molar-refractivity contribution in [1.29, 1.82) is 0 Å². The van der Waals surface area contributed by atoms with E-state index in [0.717, 1.165) is 19.3 Å². The summed E-state index contributed by atoms with van der Waals surface area (Å²) in [5, 5.41) is 17.7. The largest absolute Gasteiger partial charge is 0.493 e. The number of rotatable bonds is 8. The van der Waals surface area contributed by atoms with Gasteiger partial charge in [-0.25, -0.2) is 4.98 Å². The van der Waals surface area contributed by atoms with E-state index in [1.165, 1.54) is 31.7 Å². The minimum absolute atomic E-state index is 0.165. The number of aromatic nitrogens is 1. The molecule has 1 heterocycles. The van der Waals surface area contributed by atoms with E-state index in [4.69, 9.17) is 10.0 Å². The van der Waals surface area contributed by atoms with Crippen LogP contribution in [0.4, 0.5) is 4.39 Å². The summed E-state index contributed by atoms with van der Waals surface area (Å²) in [6.07, 6.45) is 7.85. The first kappa shape index (κ1) is 15.1. The Hall–Kier alpha value is -0.935. The highest BCUT2D eigenvalue weighted by molar-refractivity contribution is 6.58. The second-order valence-corrected chi connectivity index (χ2v) is 4.57. The first-order valence-electron chi connectivity index (χ1n) is 6.66. The maximum Gasteiger partial charge on any atom is 0.493 e. The third-order valence-corrected chi connectivity index (χ3v) is 3.00. The van der Waals surface area contributed by atoms with Gasteiger partial charge in [-0.3, -0.25) is 0 Å². The lowest BCUT2D eigenvalue weighted by Gasteiger charge is -2.04. The molecule has 5 heteroatoms. The molecular formula is C13H21BFNO2. The minimum atomic E-state index is -1.79. The Balaban J connectivity index is 2.33. The van der Waals surface area contributed by atoms with Crippen molar-refractivity contribution < 1.29 is 14.4 Å². The Labute approximate surface area is 108 Å². The standard InChI is InChI=1S/C13H21BFNO2/c1-2-3-4-5-6-7-8-11-9-10-12(14(17)18)13(15)16-11/h9-10,17-18H,2-8H2,1H3. The van der Waals surface area contributed by atoms with Crippen LogP contribution in [0.2, 0.25) is 0 Å². The lowest BCUT2D eigenvalue weighted by atomic mass is 9.81. The Bertz CT molecular complexity index is 361. The molecule has 0 aliphatic heterocycles. The van der Waals surface area contributed by atoms with Crippen LogP contribution < -0.4 is 5.46 Å². The molecule has 100 valence electrons. The average Bonchev–Trinajstić information content (AvgIpc) is 2.33. The molecule has 18 heavy (non-hydrogen) atoms. The Morgan fingerprint density at radius 1 is 1.11 bits per heavy atom. The van der Waals surface area contributed by atoms with E-state index in [1.54, 1.807) is 6.07 Å². The summed E-state index contributed by atoms with van der Waals surface area (Å²) in [6.45, 7) is 2.18. The molecule has 0 saturated heterocycles. The molecule has 1 aromatic heterocycles. The van der Waals surface area contributed by atoms with Crippen LogP contribution in [0.25, 0.3) is 0 Å². The highest BCUT2D eigenvalue weighted by atomic mass is 19.1. The second kappa shape index (κ2) is 8.22. The number of pyridine rings is 1. The van der Waals surface area contributed by atoms with E-state index in [0.29, 0.717) is 5.69 Å². The fraction of sp³-hybridized carbons (Fsp3) is 0.615. The molecule has 0 bridgehead atoms. The van der Waals surface area contributed by atoms with Crippen LogP contribution in [0.15, 0.2) is 12.1 Å². The predicted molar refractivity (Wildman–Crippen MR) is 71.1 cm³/mol. The average molecular weight is 253 g/mol. The van der Waals surface area contributed by atoms with E-state index >= 15 is 0 Å². The molecule has 2 N–H and O–H groups in total. The van der Waals surface area contributed by atoms with Gasteiger partial charge in [-0.05, 0) is 18.9 Å². The predicted octanol–water partition coefficient (Wildman–Crippen LogP) is 1.80. The first-order chi connectivity index (χ1) is 8.65. The van der Waals surface area contributed by atoms with Gasteiger partial charge in [0.1, 0.15) is 0 Å². The van der Waals surface area contributed by atoms with Crippen molar-refractivity contribution >= 4 is 12.6 Å². The van der Waals surface area contributed by atoms with Crippen LogP contribution in [0.5, 0.6) is 0 Å². The SMILES string of the molecule is CCCCCCCCc1ccc(B(O)O)c(F)n1. The minimum Gasteiger partial charge on any atom is -0.423 e. The molecule has 0 amide bonds. The van der Waals surface area contributed by atoms with Gasteiger partial charge in [-0.1, -0.05) is 45.1 Å². The number of aryl methyl sites for hydroxylation is 1. The van der Waals surface area contributed by atoms with Gasteiger partial charge in [0.2, 0.25) is 5.95 Å². The molecule has 3 nitrogen and oxygen atoms in total. The van der Waals surface area contributed by atoms with Crippen molar-refractivity contribution in [2.45, 2.75) is 51.9 Å². The first-order valence-corrected chi connectivity index (χ1v) is 6.66. The molecule has 0 aliphatic carbocycles. The molecule has 0 aliphatic rings. The number of unbranched alkanes of at least 4 members (excludes halogenated alkanes) is 5. The highest BCUT2D eigenvalue weighted by Crippen LogP contribution is 2.08. The van der Waals surface area contributed by atoms with Gasteiger partial charge in [-0.15, -0.1) is 0 Å². The topological polar surface area (TPSA) is 53.4 Å². The van der Waals surface area contributed by atoms with Crippen LogP contribution in [-0.2, 0) is 6.42 Å². The lowest BCUT2D eigenvalue weighted by Crippen LogP contribution is -2.33. The van der Waals surface area contributed by atoms with Crippen LogP contribution in [0, 0.1) is 5.95 Å². The van der Waals surface area contributed by atoms with E-state index < -0.39 is 13.1 Å². The van der Waals surface area contributed by atoms with Gasteiger partial charge in [0.05, 0.1) is 0 Å². The summed E-state index contributed by atoms with van der Waals surface area (Å²) in [5.41, 5.74) is 0.508. The van der Waals surface area contributed by atoms with E-state index in [2.05, 4.69) is 11.9 Å². The maximum absolute atomic E-state index is 13.3. The maximum atomic E-state index is 13.3. The molecule has 0 aromatic carbocycles. The van der Waals surface area contributed by atoms with E-state index in [-0.39, 0.29) is 5.46 Å². The fourth-order valence-corrected chi connectivity index (χ4v) is 1.90. The van der Waals surface area contributed by atoms with Gasteiger partial charge in [0.25, 0.3) is 0 Å². The molecular weight excluding hydrogens is 232 g/mol. The van der Waals surface area contributed by atoms with Crippen molar-refractivity contribution in [2.24, 2.45) is 0 Å². The fourth-order valence-electron chi connectivity index (χ4n) is 1.90. The van der Waals surface area contributed by atoms with Gasteiger partial charge >= 0.3 is 7.12 Å². The van der Waals surface area contributed by atoms with Crippen LogP contribution in [-0.4, -0.2) is 22.2 Å². The summed E-state index contributed by atoms with van der Waals surface area (Å²) in [6, 6.07) is 3.04. The number of halogens is 1. The molecule has 0 unspecified atom stereocenters. The third-order valence-electron chi connectivity index (χ3n) is 3.00. The number of hydrogen-bond donors (Lipinski definition) is 2. The molecule has 0 fully saturated rings. The Morgan fingerprint density at radius 3 is 2.39 bits per heavy atom. The second-order valence-electron chi connectivity index (χ2n) is 4.57. The zero-order chi connectivity index (χ0) is 13.4. The van der Waals surface area contributed by atoms with Crippen molar-refractivity contribution in [3.8, 4) is 0 Å². The normalized spacial score (nSPS) is 10.7. The number of hydrogen-bond acceptors (Lipinski definition) is 3. The quantitative estimate of drug-likeness (QED) is 0.422. The molecule has 1 rings (SSSR count). The molecule has 0 spiro atoms. The molecule has 0 saturated carbocycles. The third kappa shape index (κ3) is 5.15. The van der Waals surface area contributed by atoms with Crippen molar-refractivity contribution in [3.63, 3.8) is 0 Å². The van der Waals surface area contributed by atoms with Gasteiger partial charge in [0.15, 0.2) is 0 Å². The zero-order valence-electron chi connectivity index (χ0n) is 10.9. The van der Waals surface area contributed by atoms with Crippen LogP contribution in [0.3, 0.4) is 0 Å². The Morgan fingerprint density at radius 2 is 1.78 bits per heavy atom. The van der Waals surface area contributed by atoms with E-state index in [9.17, 15) is 4.39 Å². The van der Waals surface area contributed by atoms with Gasteiger partial charge in [0, 0.05) is 11.2 Å². The van der Waals surface area contributed by atoms with Crippen molar-refractivity contribution in [2.75, 3.05) is 0 Å².